The highest BCUT2D eigenvalue weighted by molar-refractivity contribution is 5.89. The average molecular weight is 425 g/mol. The number of rotatable bonds is 6. The number of aliphatic hydroxyl groups is 1. The average Bonchev–Trinajstić information content (AvgIpc) is 3.15. The van der Waals surface area contributed by atoms with E-state index in [0.29, 0.717) is 11.2 Å². The summed E-state index contributed by atoms with van der Waals surface area (Å²) in [5, 5.41) is 19.3. The molecule has 1 aromatic heterocycles. The number of fused-ring (bicyclic) bond motifs is 1. The highest BCUT2D eigenvalue weighted by Crippen LogP contribution is 2.25. The van der Waals surface area contributed by atoms with E-state index in [2.05, 4.69) is 46.3 Å². The molecule has 1 heterocycles. The molecule has 0 amide bonds. The Kier molecular flexibility index (Phi) is 5.60. The molecular weight excluding hydrogens is 400 g/mol. The molecule has 0 bridgehead atoms. The van der Waals surface area contributed by atoms with Crippen LogP contribution in [0.3, 0.4) is 0 Å². The fraction of sp³-hybridized carbons (Fsp3) is 0.231. The van der Waals surface area contributed by atoms with Crippen molar-refractivity contribution in [1.29, 1.82) is 0 Å². The maximum Gasteiger partial charge on any atom is 0.190 e. The molecule has 6 heteroatoms. The Balaban J connectivity index is 1.54. The molecule has 0 saturated carbocycles. The summed E-state index contributed by atoms with van der Waals surface area (Å²) in [6.07, 6.45) is 0.0797. The van der Waals surface area contributed by atoms with Gasteiger partial charge in [0.2, 0.25) is 0 Å². The summed E-state index contributed by atoms with van der Waals surface area (Å²) in [6.45, 7) is 12.5. The Hall–Kier alpha value is -3.82. The van der Waals surface area contributed by atoms with Crippen LogP contribution in [0.1, 0.15) is 23.6 Å². The van der Waals surface area contributed by atoms with Gasteiger partial charge >= 0.3 is 0 Å². The standard InChI is InChI=1S/C26H24N4O2/c1-17-5-8-20(9-6-17)21-10-12-24-23(15-21)28-29-30(24)16-26(3,32)25(31)14-19-7-11-22(27-4)18(2)13-19/h5-13,15,32H,14,16H2,1-3H3/t26-/m0/s1. The number of carbonyl (C=O) groups excluding carboxylic acids is 1. The number of carbonyl (C=O) groups is 1. The number of hydrogen-bond donors (Lipinski definition) is 1. The van der Waals surface area contributed by atoms with Crippen molar-refractivity contribution in [1.82, 2.24) is 15.0 Å². The Bertz CT molecular complexity index is 1340. The third-order valence-electron chi connectivity index (χ3n) is 5.70. The number of Topliss-reactive ketones (excluding diaryl/α,β-unsaturated/α-hetero) is 1. The van der Waals surface area contributed by atoms with Gasteiger partial charge in [0.05, 0.1) is 18.6 Å². The molecule has 1 N–H and O–H groups in total. The highest BCUT2D eigenvalue weighted by atomic mass is 16.3. The summed E-state index contributed by atoms with van der Waals surface area (Å²) in [6, 6.07) is 19.4. The van der Waals surface area contributed by atoms with Gasteiger partial charge in [0.25, 0.3) is 0 Å². The van der Waals surface area contributed by atoms with Crippen LogP contribution in [-0.4, -0.2) is 31.5 Å². The van der Waals surface area contributed by atoms with Crippen LogP contribution in [-0.2, 0) is 17.8 Å². The van der Waals surface area contributed by atoms with Crippen LogP contribution in [0.4, 0.5) is 5.69 Å². The Morgan fingerprint density at radius 1 is 1.06 bits per heavy atom. The molecule has 4 aromatic rings. The van der Waals surface area contributed by atoms with Gasteiger partial charge in [-0.25, -0.2) is 9.53 Å². The first-order valence-electron chi connectivity index (χ1n) is 10.4. The normalized spacial score (nSPS) is 13.0. The van der Waals surface area contributed by atoms with E-state index in [1.165, 1.54) is 12.5 Å². The summed E-state index contributed by atoms with van der Waals surface area (Å²) in [5.74, 6) is -0.313. The number of aromatic nitrogens is 3. The summed E-state index contributed by atoms with van der Waals surface area (Å²) in [4.78, 5) is 16.3. The first-order valence-corrected chi connectivity index (χ1v) is 10.4. The van der Waals surface area contributed by atoms with Crippen LogP contribution in [0.15, 0.2) is 60.7 Å². The molecule has 0 unspecified atom stereocenters. The Morgan fingerprint density at radius 2 is 1.78 bits per heavy atom. The minimum Gasteiger partial charge on any atom is -0.380 e. The molecular formula is C26H24N4O2. The number of hydrogen-bond acceptors (Lipinski definition) is 4. The zero-order valence-electron chi connectivity index (χ0n) is 18.3. The van der Waals surface area contributed by atoms with Crippen LogP contribution in [0.5, 0.6) is 0 Å². The van der Waals surface area contributed by atoms with E-state index in [1.807, 2.05) is 31.2 Å². The van der Waals surface area contributed by atoms with Crippen molar-refractivity contribution in [3.05, 3.63) is 88.8 Å². The van der Waals surface area contributed by atoms with Crippen molar-refractivity contribution in [2.45, 2.75) is 39.3 Å². The van der Waals surface area contributed by atoms with Crippen molar-refractivity contribution < 1.29 is 9.90 Å². The maximum absolute atomic E-state index is 12.9. The van der Waals surface area contributed by atoms with E-state index in [4.69, 9.17) is 6.57 Å². The van der Waals surface area contributed by atoms with E-state index in [-0.39, 0.29) is 18.7 Å². The van der Waals surface area contributed by atoms with E-state index >= 15 is 0 Å². The second-order valence-electron chi connectivity index (χ2n) is 8.42. The van der Waals surface area contributed by atoms with Crippen molar-refractivity contribution >= 4 is 22.5 Å². The Labute approximate surface area is 187 Å². The van der Waals surface area contributed by atoms with Crippen LogP contribution in [0.25, 0.3) is 27.0 Å². The topological polar surface area (TPSA) is 72.4 Å². The quantitative estimate of drug-likeness (QED) is 0.450. The molecule has 0 aliphatic heterocycles. The number of ketones is 1. The lowest BCUT2D eigenvalue weighted by atomic mass is 9.94. The van der Waals surface area contributed by atoms with Gasteiger partial charge in [0, 0.05) is 6.42 Å². The lowest BCUT2D eigenvalue weighted by Crippen LogP contribution is -2.41. The zero-order valence-corrected chi connectivity index (χ0v) is 18.3. The SMILES string of the molecule is [C-]#[N+]c1ccc(CC(=O)[C@@](C)(O)Cn2nnc3cc(-c4ccc(C)cc4)ccc32)cc1C. The molecule has 0 aliphatic rings. The number of benzene rings is 3. The molecule has 0 fully saturated rings. The predicted molar refractivity (Wildman–Crippen MR) is 124 cm³/mol. The van der Waals surface area contributed by atoms with Crippen LogP contribution >= 0.6 is 0 Å². The van der Waals surface area contributed by atoms with Gasteiger partial charge in [0.15, 0.2) is 11.5 Å². The van der Waals surface area contributed by atoms with Gasteiger partial charge in [-0.1, -0.05) is 59.3 Å². The van der Waals surface area contributed by atoms with Crippen molar-refractivity contribution in [3.63, 3.8) is 0 Å². The minimum atomic E-state index is -1.61. The van der Waals surface area contributed by atoms with Gasteiger partial charge in [0.1, 0.15) is 11.1 Å². The van der Waals surface area contributed by atoms with Crippen LogP contribution < -0.4 is 0 Å². The van der Waals surface area contributed by atoms with Gasteiger partial charge in [-0.2, -0.15) is 0 Å². The van der Waals surface area contributed by atoms with Crippen LogP contribution in [0.2, 0.25) is 0 Å². The summed E-state index contributed by atoms with van der Waals surface area (Å²) >= 11 is 0. The predicted octanol–water partition coefficient (Wildman–Crippen LogP) is 4.83. The van der Waals surface area contributed by atoms with Crippen LogP contribution in [0, 0.1) is 20.4 Å². The molecule has 0 radical (unpaired) electrons. The lowest BCUT2D eigenvalue weighted by Gasteiger charge is -2.22. The number of nitrogens with zero attached hydrogens (tertiary/aromatic N) is 4. The second kappa shape index (κ2) is 8.37. The fourth-order valence-corrected chi connectivity index (χ4v) is 3.72. The molecule has 32 heavy (non-hydrogen) atoms. The summed E-state index contributed by atoms with van der Waals surface area (Å²) < 4.78 is 1.57. The van der Waals surface area contributed by atoms with Gasteiger partial charge in [-0.05, 0) is 55.2 Å². The first kappa shape index (κ1) is 21.4. The molecule has 160 valence electrons. The van der Waals surface area contributed by atoms with Crippen molar-refractivity contribution in [3.8, 4) is 11.1 Å². The number of aryl methyl sites for hydroxylation is 2. The molecule has 1 atom stereocenters. The molecule has 4 rings (SSSR count). The maximum atomic E-state index is 12.9. The van der Waals surface area contributed by atoms with E-state index < -0.39 is 5.60 Å². The monoisotopic (exact) mass is 424 g/mol. The molecule has 0 saturated heterocycles. The van der Waals surface area contributed by atoms with Crippen molar-refractivity contribution in [2.75, 3.05) is 0 Å². The van der Waals surface area contributed by atoms with Gasteiger partial charge in [-0.15, -0.1) is 5.10 Å². The fourth-order valence-electron chi connectivity index (χ4n) is 3.72. The highest BCUT2D eigenvalue weighted by Gasteiger charge is 2.31. The third kappa shape index (κ3) is 4.29. The van der Waals surface area contributed by atoms with Gasteiger partial charge < -0.3 is 5.11 Å². The van der Waals surface area contributed by atoms with E-state index in [9.17, 15) is 9.90 Å². The molecule has 0 spiro atoms. The molecule has 6 nitrogen and oxygen atoms in total. The molecule has 0 aliphatic carbocycles. The lowest BCUT2D eigenvalue weighted by molar-refractivity contribution is -0.136. The van der Waals surface area contributed by atoms with Gasteiger partial charge in [-0.3, -0.25) is 4.79 Å². The second-order valence-corrected chi connectivity index (χ2v) is 8.42. The first-order chi connectivity index (χ1) is 15.3. The molecule has 3 aromatic carbocycles. The van der Waals surface area contributed by atoms with E-state index in [0.717, 1.165) is 27.8 Å². The van der Waals surface area contributed by atoms with Crippen molar-refractivity contribution in [2.24, 2.45) is 0 Å². The largest absolute Gasteiger partial charge is 0.380 e. The summed E-state index contributed by atoms with van der Waals surface area (Å²) in [7, 11) is 0. The third-order valence-corrected chi connectivity index (χ3v) is 5.70. The minimum absolute atomic E-state index is 0.00529. The summed E-state index contributed by atoms with van der Waals surface area (Å²) in [5.41, 5.74) is 5.32. The van der Waals surface area contributed by atoms with E-state index in [1.54, 1.807) is 16.8 Å². The Morgan fingerprint density at radius 3 is 2.47 bits per heavy atom. The zero-order chi connectivity index (χ0) is 22.9. The smallest absolute Gasteiger partial charge is 0.190 e.